The van der Waals surface area contributed by atoms with Crippen molar-refractivity contribution in [3.8, 4) is 0 Å². The minimum absolute atomic E-state index is 0.256. The first-order valence-corrected chi connectivity index (χ1v) is 7.25. The second-order valence-electron chi connectivity index (χ2n) is 4.92. The molecule has 3 amide bonds. The standard InChI is InChI=1S/C14H25N3O3/c1-3-20-14(19)16-9-8-15-13(18)17-10-11(2)12-6-4-5-7-12/h10,12H,3-9H2,1-2H3,(H,16,19)(H2,15,17,18)/b11-10+. The molecule has 0 aromatic carbocycles. The van der Waals surface area contributed by atoms with Crippen LogP contribution in [0.15, 0.2) is 11.8 Å². The predicted octanol–water partition coefficient (Wildman–Crippen LogP) is 2.13. The number of ether oxygens (including phenoxy) is 1. The van der Waals surface area contributed by atoms with Gasteiger partial charge in [0.15, 0.2) is 0 Å². The minimum atomic E-state index is -0.466. The van der Waals surface area contributed by atoms with E-state index in [4.69, 9.17) is 4.74 Å². The van der Waals surface area contributed by atoms with Crippen LogP contribution in [0.5, 0.6) is 0 Å². The molecular formula is C14H25N3O3. The summed E-state index contributed by atoms with van der Waals surface area (Å²) in [5.41, 5.74) is 1.22. The molecule has 1 saturated carbocycles. The summed E-state index contributed by atoms with van der Waals surface area (Å²) < 4.78 is 4.70. The monoisotopic (exact) mass is 283 g/mol. The van der Waals surface area contributed by atoms with Crippen LogP contribution in [0, 0.1) is 5.92 Å². The summed E-state index contributed by atoms with van der Waals surface area (Å²) in [7, 11) is 0. The number of carbonyl (C=O) groups is 2. The number of allylic oxidation sites excluding steroid dienone is 1. The third-order valence-corrected chi connectivity index (χ3v) is 3.39. The molecule has 0 aromatic heterocycles. The lowest BCUT2D eigenvalue weighted by Gasteiger charge is -2.10. The molecule has 0 aromatic rings. The average Bonchev–Trinajstić information content (AvgIpc) is 2.95. The molecule has 0 bridgehead atoms. The summed E-state index contributed by atoms with van der Waals surface area (Å²) in [5.74, 6) is 0.612. The van der Waals surface area contributed by atoms with E-state index < -0.39 is 6.09 Å². The quantitative estimate of drug-likeness (QED) is 0.653. The number of alkyl carbamates (subject to hydrolysis) is 1. The number of amides is 3. The maximum atomic E-state index is 11.5. The van der Waals surface area contributed by atoms with Gasteiger partial charge in [0.1, 0.15) is 0 Å². The second-order valence-corrected chi connectivity index (χ2v) is 4.92. The Morgan fingerprint density at radius 2 is 1.85 bits per heavy atom. The zero-order valence-corrected chi connectivity index (χ0v) is 12.3. The zero-order valence-electron chi connectivity index (χ0n) is 12.3. The zero-order chi connectivity index (χ0) is 14.8. The van der Waals surface area contributed by atoms with Gasteiger partial charge in [0, 0.05) is 19.3 Å². The molecule has 0 heterocycles. The molecule has 0 radical (unpaired) electrons. The van der Waals surface area contributed by atoms with Crippen LogP contribution in [-0.4, -0.2) is 31.8 Å². The molecule has 0 aliphatic heterocycles. The Balaban J connectivity index is 2.10. The highest BCUT2D eigenvalue weighted by atomic mass is 16.5. The maximum Gasteiger partial charge on any atom is 0.407 e. The van der Waals surface area contributed by atoms with Crippen LogP contribution < -0.4 is 16.0 Å². The summed E-state index contributed by atoms with van der Waals surface area (Å²) in [6, 6.07) is -0.256. The lowest BCUT2D eigenvalue weighted by atomic mass is 10.0. The summed E-state index contributed by atoms with van der Waals surface area (Å²) >= 11 is 0. The van der Waals surface area contributed by atoms with Gasteiger partial charge >= 0.3 is 12.1 Å². The van der Waals surface area contributed by atoms with E-state index in [2.05, 4.69) is 22.9 Å². The van der Waals surface area contributed by atoms with E-state index in [1.807, 2.05) is 0 Å². The van der Waals surface area contributed by atoms with E-state index in [-0.39, 0.29) is 6.03 Å². The third kappa shape index (κ3) is 6.45. The fraction of sp³-hybridized carbons (Fsp3) is 0.714. The first-order chi connectivity index (χ1) is 9.63. The van der Waals surface area contributed by atoms with Crippen molar-refractivity contribution < 1.29 is 14.3 Å². The fourth-order valence-electron chi connectivity index (χ4n) is 2.25. The number of nitrogens with one attached hydrogen (secondary N) is 3. The third-order valence-electron chi connectivity index (χ3n) is 3.39. The first-order valence-electron chi connectivity index (χ1n) is 7.25. The van der Waals surface area contributed by atoms with Gasteiger partial charge in [-0.05, 0) is 32.6 Å². The summed E-state index contributed by atoms with van der Waals surface area (Å²) in [6.07, 6.45) is 6.31. The number of hydrogen-bond acceptors (Lipinski definition) is 3. The van der Waals surface area contributed by atoms with Crippen molar-refractivity contribution in [1.82, 2.24) is 16.0 Å². The molecule has 1 aliphatic rings. The van der Waals surface area contributed by atoms with Crippen LogP contribution in [0.1, 0.15) is 39.5 Å². The van der Waals surface area contributed by atoms with Crippen molar-refractivity contribution in [2.75, 3.05) is 19.7 Å². The van der Waals surface area contributed by atoms with Crippen molar-refractivity contribution in [2.24, 2.45) is 5.92 Å². The molecule has 1 rings (SSSR count). The molecule has 0 spiro atoms. The molecule has 1 aliphatic carbocycles. The van der Waals surface area contributed by atoms with Gasteiger partial charge in [0.05, 0.1) is 6.61 Å². The predicted molar refractivity (Wildman–Crippen MR) is 77.3 cm³/mol. The molecule has 6 heteroatoms. The fourth-order valence-corrected chi connectivity index (χ4v) is 2.25. The van der Waals surface area contributed by atoms with E-state index in [0.29, 0.717) is 25.6 Å². The van der Waals surface area contributed by atoms with Gasteiger partial charge in [0.2, 0.25) is 0 Å². The summed E-state index contributed by atoms with van der Waals surface area (Å²) in [4.78, 5) is 22.5. The second kappa shape index (κ2) is 9.23. The SMILES string of the molecule is CCOC(=O)NCCNC(=O)N/C=C(\C)C1CCCC1. The van der Waals surface area contributed by atoms with Crippen molar-refractivity contribution in [3.05, 3.63) is 11.8 Å². The normalized spacial score (nSPS) is 15.8. The van der Waals surface area contributed by atoms with Gasteiger partial charge in [-0.15, -0.1) is 0 Å². The largest absolute Gasteiger partial charge is 0.450 e. The summed E-state index contributed by atoms with van der Waals surface area (Å²) in [6.45, 7) is 4.84. The molecule has 20 heavy (non-hydrogen) atoms. The Labute approximate surface area is 120 Å². The van der Waals surface area contributed by atoms with Gasteiger partial charge in [-0.25, -0.2) is 9.59 Å². The maximum absolute atomic E-state index is 11.5. The Morgan fingerprint density at radius 1 is 1.20 bits per heavy atom. The van der Waals surface area contributed by atoms with Gasteiger partial charge in [-0.3, -0.25) is 0 Å². The molecule has 6 nitrogen and oxygen atoms in total. The van der Waals surface area contributed by atoms with Gasteiger partial charge < -0.3 is 20.7 Å². The lowest BCUT2D eigenvalue weighted by molar-refractivity contribution is 0.152. The Hall–Kier alpha value is -1.72. The van der Waals surface area contributed by atoms with Crippen LogP contribution in [0.2, 0.25) is 0 Å². The van der Waals surface area contributed by atoms with Crippen LogP contribution in [-0.2, 0) is 4.74 Å². The van der Waals surface area contributed by atoms with E-state index in [9.17, 15) is 9.59 Å². The Kier molecular flexibility index (Phi) is 7.54. The molecule has 3 N–H and O–H groups in total. The highest BCUT2D eigenvalue weighted by Crippen LogP contribution is 2.30. The van der Waals surface area contributed by atoms with Crippen molar-refractivity contribution in [2.45, 2.75) is 39.5 Å². The van der Waals surface area contributed by atoms with Gasteiger partial charge in [-0.1, -0.05) is 18.4 Å². The van der Waals surface area contributed by atoms with Crippen LogP contribution in [0.4, 0.5) is 9.59 Å². The van der Waals surface area contributed by atoms with Crippen molar-refractivity contribution >= 4 is 12.1 Å². The molecule has 114 valence electrons. The van der Waals surface area contributed by atoms with E-state index >= 15 is 0 Å². The number of carbonyl (C=O) groups excluding carboxylic acids is 2. The number of urea groups is 1. The smallest absolute Gasteiger partial charge is 0.407 e. The van der Waals surface area contributed by atoms with E-state index in [1.54, 1.807) is 13.1 Å². The summed E-state index contributed by atoms with van der Waals surface area (Å²) in [5, 5.41) is 7.91. The van der Waals surface area contributed by atoms with E-state index in [1.165, 1.54) is 31.3 Å². The van der Waals surface area contributed by atoms with Crippen molar-refractivity contribution in [1.29, 1.82) is 0 Å². The lowest BCUT2D eigenvalue weighted by Crippen LogP contribution is -2.38. The molecular weight excluding hydrogens is 258 g/mol. The topological polar surface area (TPSA) is 79.5 Å². The highest BCUT2D eigenvalue weighted by Gasteiger charge is 2.16. The first kappa shape index (κ1) is 16.3. The van der Waals surface area contributed by atoms with Crippen LogP contribution in [0.3, 0.4) is 0 Å². The molecule has 1 fully saturated rings. The number of rotatable bonds is 6. The average molecular weight is 283 g/mol. The molecule has 0 unspecified atom stereocenters. The van der Waals surface area contributed by atoms with Gasteiger partial charge in [-0.2, -0.15) is 0 Å². The van der Waals surface area contributed by atoms with E-state index in [0.717, 1.165) is 0 Å². The Morgan fingerprint density at radius 3 is 2.50 bits per heavy atom. The Bertz CT molecular complexity index is 350. The number of hydrogen-bond donors (Lipinski definition) is 3. The van der Waals surface area contributed by atoms with Crippen LogP contribution >= 0.6 is 0 Å². The molecule has 0 saturated heterocycles. The van der Waals surface area contributed by atoms with Crippen LogP contribution in [0.25, 0.3) is 0 Å². The van der Waals surface area contributed by atoms with Gasteiger partial charge in [0.25, 0.3) is 0 Å². The molecule has 0 atom stereocenters. The highest BCUT2D eigenvalue weighted by molar-refractivity contribution is 5.75. The minimum Gasteiger partial charge on any atom is -0.450 e. The van der Waals surface area contributed by atoms with Crippen molar-refractivity contribution in [3.63, 3.8) is 0 Å².